The fraction of sp³-hybridized carbons (Fsp3) is 0.143. The van der Waals surface area contributed by atoms with E-state index < -0.39 is 5.97 Å². The molecule has 1 N–H and O–H groups in total. The van der Waals surface area contributed by atoms with Gasteiger partial charge >= 0.3 is 5.97 Å². The molecule has 0 spiro atoms. The number of benzene rings is 1. The standard InChI is InChI=1S/C14H12N2O2/c17-14(18)11-6-7-16-12(8-11)9-15-13(16)10-4-2-1-3-5-10/h1-6,8H,7,9H2,(H,17,18). The van der Waals surface area contributed by atoms with Crippen molar-refractivity contribution in [1.29, 1.82) is 0 Å². The highest BCUT2D eigenvalue weighted by molar-refractivity contribution is 6.02. The van der Waals surface area contributed by atoms with Crippen LogP contribution in [0.2, 0.25) is 0 Å². The van der Waals surface area contributed by atoms with Crippen molar-refractivity contribution in [2.75, 3.05) is 13.1 Å². The van der Waals surface area contributed by atoms with Crippen molar-refractivity contribution < 1.29 is 9.90 Å². The summed E-state index contributed by atoms with van der Waals surface area (Å²) in [6, 6.07) is 9.94. The summed E-state index contributed by atoms with van der Waals surface area (Å²) in [5.41, 5.74) is 2.37. The average molecular weight is 240 g/mol. The fourth-order valence-corrected chi connectivity index (χ4v) is 2.20. The topological polar surface area (TPSA) is 52.9 Å². The first-order valence-electron chi connectivity index (χ1n) is 5.77. The van der Waals surface area contributed by atoms with E-state index in [4.69, 9.17) is 5.11 Å². The minimum absolute atomic E-state index is 0.353. The molecule has 2 heterocycles. The summed E-state index contributed by atoms with van der Waals surface area (Å²) in [4.78, 5) is 17.5. The largest absolute Gasteiger partial charge is 0.478 e. The molecule has 0 saturated carbocycles. The lowest BCUT2D eigenvalue weighted by molar-refractivity contribution is -0.132. The predicted octanol–water partition coefficient (Wildman–Crippen LogP) is 1.66. The highest BCUT2D eigenvalue weighted by Gasteiger charge is 2.26. The Hall–Kier alpha value is -2.36. The average Bonchev–Trinajstić information content (AvgIpc) is 2.82. The van der Waals surface area contributed by atoms with Gasteiger partial charge in [-0.05, 0) is 6.08 Å². The van der Waals surface area contributed by atoms with Gasteiger partial charge in [0.25, 0.3) is 0 Å². The Morgan fingerprint density at radius 2 is 2.06 bits per heavy atom. The predicted molar refractivity (Wildman–Crippen MR) is 68.4 cm³/mol. The number of amidine groups is 1. The molecule has 0 fully saturated rings. The molecule has 0 saturated heterocycles. The van der Waals surface area contributed by atoms with Crippen molar-refractivity contribution in [3.8, 4) is 0 Å². The molecule has 0 aromatic heterocycles. The minimum Gasteiger partial charge on any atom is -0.478 e. The maximum atomic E-state index is 10.9. The molecule has 0 unspecified atom stereocenters. The van der Waals surface area contributed by atoms with E-state index in [0.717, 1.165) is 17.1 Å². The summed E-state index contributed by atoms with van der Waals surface area (Å²) >= 11 is 0. The van der Waals surface area contributed by atoms with Crippen LogP contribution in [0, 0.1) is 0 Å². The van der Waals surface area contributed by atoms with Gasteiger partial charge in [0.15, 0.2) is 0 Å². The van der Waals surface area contributed by atoms with Gasteiger partial charge in [-0.3, -0.25) is 4.99 Å². The van der Waals surface area contributed by atoms with Gasteiger partial charge in [0.05, 0.1) is 12.1 Å². The minimum atomic E-state index is -0.879. The lowest BCUT2D eigenvalue weighted by Crippen LogP contribution is -2.30. The van der Waals surface area contributed by atoms with E-state index in [1.54, 1.807) is 12.2 Å². The van der Waals surface area contributed by atoms with Gasteiger partial charge in [0.1, 0.15) is 5.84 Å². The van der Waals surface area contributed by atoms with Gasteiger partial charge in [-0.25, -0.2) is 4.79 Å². The Morgan fingerprint density at radius 3 is 2.78 bits per heavy atom. The van der Waals surface area contributed by atoms with E-state index in [9.17, 15) is 4.79 Å². The second-order valence-corrected chi connectivity index (χ2v) is 4.22. The van der Waals surface area contributed by atoms with Crippen LogP contribution in [0.15, 0.2) is 58.7 Å². The second-order valence-electron chi connectivity index (χ2n) is 4.22. The normalized spacial score (nSPS) is 17.8. The van der Waals surface area contributed by atoms with Gasteiger partial charge in [-0.1, -0.05) is 36.4 Å². The third-order valence-electron chi connectivity index (χ3n) is 3.09. The van der Waals surface area contributed by atoms with Gasteiger partial charge in [0.2, 0.25) is 0 Å². The van der Waals surface area contributed by atoms with E-state index in [2.05, 4.69) is 9.89 Å². The number of carbonyl (C=O) groups is 1. The lowest BCUT2D eigenvalue weighted by Gasteiger charge is -2.24. The van der Waals surface area contributed by atoms with Crippen LogP contribution in [0.1, 0.15) is 5.56 Å². The summed E-state index contributed by atoms with van der Waals surface area (Å²) in [5, 5.41) is 8.97. The van der Waals surface area contributed by atoms with Crippen LogP contribution in [-0.4, -0.2) is 34.9 Å². The zero-order valence-electron chi connectivity index (χ0n) is 9.71. The number of fused-ring (bicyclic) bond motifs is 1. The third kappa shape index (κ3) is 1.72. The number of carboxylic acids is 1. The monoisotopic (exact) mass is 240 g/mol. The molecule has 90 valence electrons. The first-order chi connectivity index (χ1) is 8.75. The third-order valence-corrected chi connectivity index (χ3v) is 3.09. The van der Waals surface area contributed by atoms with Crippen LogP contribution in [0.25, 0.3) is 0 Å². The zero-order chi connectivity index (χ0) is 12.5. The van der Waals surface area contributed by atoms with Crippen molar-refractivity contribution >= 4 is 11.8 Å². The first-order valence-corrected chi connectivity index (χ1v) is 5.77. The van der Waals surface area contributed by atoms with Gasteiger partial charge < -0.3 is 10.0 Å². The Labute approximate surface area is 105 Å². The highest BCUT2D eigenvalue weighted by atomic mass is 16.4. The summed E-state index contributed by atoms with van der Waals surface area (Å²) < 4.78 is 0. The molecule has 1 aromatic rings. The second kappa shape index (κ2) is 4.14. The van der Waals surface area contributed by atoms with Crippen molar-refractivity contribution in [1.82, 2.24) is 4.90 Å². The van der Waals surface area contributed by atoms with Crippen LogP contribution < -0.4 is 0 Å². The molecule has 0 amide bonds. The number of nitrogens with zero attached hydrogens (tertiary/aromatic N) is 2. The zero-order valence-corrected chi connectivity index (χ0v) is 9.71. The van der Waals surface area contributed by atoms with Gasteiger partial charge in [0, 0.05) is 17.8 Å². The Balaban J connectivity index is 1.89. The van der Waals surface area contributed by atoms with Crippen LogP contribution in [-0.2, 0) is 4.79 Å². The molecule has 0 bridgehead atoms. The van der Waals surface area contributed by atoms with Crippen molar-refractivity contribution in [2.24, 2.45) is 4.99 Å². The molecule has 0 radical (unpaired) electrons. The van der Waals surface area contributed by atoms with Crippen LogP contribution in [0.4, 0.5) is 0 Å². The van der Waals surface area contributed by atoms with Crippen LogP contribution in [0.5, 0.6) is 0 Å². The molecule has 1 aromatic carbocycles. The summed E-state index contributed by atoms with van der Waals surface area (Å²) in [6.45, 7) is 1.12. The van der Waals surface area contributed by atoms with E-state index in [1.165, 1.54) is 0 Å². The highest BCUT2D eigenvalue weighted by Crippen LogP contribution is 2.24. The first kappa shape index (κ1) is 10.8. The molecule has 18 heavy (non-hydrogen) atoms. The summed E-state index contributed by atoms with van der Waals surface area (Å²) in [7, 11) is 0. The van der Waals surface area contributed by atoms with E-state index in [1.807, 2.05) is 30.3 Å². The van der Waals surface area contributed by atoms with Crippen molar-refractivity contribution in [3.05, 3.63) is 59.3 Å². The maximum absolute atomic E-state index is 10.9. The Morgan fingerprint density at radius 1 is 1.28 bits per heavy atom. The molecular weight excluding hydrogens is 228 g/mol. The van der Waals surface area contributed by atoms with E-state index >= 15 is 0 Å². The summed E-state index contributed by atoms with van der Waals surface area (Å²) in [5.74, 6) is 0.0397. The molecule has 2 aliphatic rings. The Kier molecular flexibility index (Phi) is 2.48. The molecular formula is C14H12N2O2. The van der Waals surface area contributed by atoms with Crippen molar-refractivity contribution in [2.45, 2.75) is 0 Å². The molecule has 0 aliphatic carbocycles. The van der Waals surface area contributed by atoms with E-state index in [-0.39, 0.29) is 0 Å². The summed E-state index contributed by atoms with van der Waals surface area (Å²) in [6.07, 6.45) is 3.42. The number of aliphatic imine (C=N–C) groups is 1. The lowest BCUT2D eigenvalue weighted by atomic mass is 10.1. The number of hydrogen-bond acceptors (Lipinski definition) is 3. The van der Waals surface area contributed by atoms with E-state index in [0.29, 0.717) is 18.7 Å². The molecule has 4 nitrogen and oxygen atoms in total. The van der Waals surface area contributed by atoms with Gasteiger partial charge in [-0.15, -0.1) is 0 Å². The van der Waals surface area contributed by atoms with Crippen LogP contribution >= 0.6 is 0 Å². The quantitative estimate of drug-likeness (QED) is 0.855. The molecule has 4 heteroatoms. The maximum Gasteiger partial charge on any atom is 0.335 e. The molecule has 2 aliphatic heterocycles. The van der Waals surface area contributed by atoms with Crippen LogP contribution in [0.3, 0.4) is 0 Å². The number of carboxylic acid groups (broad SMARTS) is 1. The number of aliphatic carboxylic acids is 1. The fourth-order valence-electron chi connectivity index (χ4n) is 2.20. The smallest absolute Gasteiger partial charge is 0.335 e. The van der Waals surface area contributed by atoms with Gasteiger partial charge in [-0.2, -0.15) is 0 Å². The Bertz CT molecular complexity index is 585. The number of rotatable bonds is 2. The molecule has 3 rings (SSSR count). The molecule has 0 atom stereocenters. The SMILES string of the molecule is O=C(O)C1=CCN2C(=C1)CN=C2c1ccccc1. The van der Waals surface area contributed by atoms with Crippen molar-refractivity contribution in [3.63, 3.8) is 0 Å². The number of hydrogen-bond donors (Lipinski definition) is 1.